The quantitative estimate of drug-likeness (QED) is 0.658. The Morgan fingerprint density at radius 1 is 1.36 bits per heavy atom. The van der Waals surface area contributed by atoms with Crippen LogP contribution >= 0.6 is 0 Å². The average molecular weight is 212 g/mol. The van der Waals surface area contributed by atoms with Gasteiger partial charge in [0.1, 0.15) is 0 Å². The van der Waals surface area contributed by atoms with Crippen LogP contribution in [0.3, 0.4) is 0 Å². The number of ketones is 1. The lowest BCUT2D eigenvalue weighted by atomic mass is 9.86. The normalized spacial score (nSPS) is 26.6. The third kappa shape index (κ3) is 2.15. The van der Waals surface area contributed by atoms with Gasteiger partial charge in [-0.1, -0.05) is 0 Å². The van der Waals surface area contributed by atoms with Gasteiger partial charge in [0.15, 0.2) is 14.1 Å². The topological polar surface area (TPSA) is 26.3 Å². The van der Waals surface area contributed by atoms with Crippen LogP contribution in [0.1, 0.15) is 20.8 Å². The molecule has 0 saturated carbocycles. The van der Waals surface area contributed by atoms with E-state index in [0.717, 1.165) is 5.57 Å². The number of carbonyl (C=O) groups excluding carboxylic acids is 1. The van der Waals surface area contributed by atoms with E-state index in [1.807, 2.05) is 26.8 Å². The fourth-order valence-electron chi connectivity index (χ4n) is 1.71. The van der Waals surface area contributed by atoms with E-state index in [1.54, 1.807) is 0 Å². The molecule has 0 aromatic carbocycles. The van der Waals surface area contributed by atoms with Gasteiger partial charge >= 0.3 is 0 Å². The van der Waals surface area contributed by atoms with Crippen LogP contribution in [0.5, 0.6) is 0 Å². The van der Waals surface area contributed by atoms with Crippen LogP contribution in [0, 0.1) is 5.41 Å². The van der Waals surface area contributed by atoms with Crippen molar-refractivity contribution < 1.29 is 9.22 Å². The summed E-state index contributed by atoms with van der Waals surface area (Å²) in [5.41, 5.74) is 0.475. The Hall–Kier alpha value is -0.413. The molecule has 2 nitrogen and oxygen atoms in total. The van der Waals surface area contributed by atoms with Gasteiger partial charge in [-0.2, -0.15) is 0 Å². The molecular weight excluding hydrogens is 192 g/mol. The standard InChI is InChI=1S/C11H20O2Si/c1-8-7-9(13-14(4,5)6)11(2,3)10(8)12/h7,9H,1-6H3. The van der Waals surface area contributed by atoms with Crippen molar-refractivity contribution in [2.24, 2.45) is 5.41 Å². The number of Topliss-reactive ketones (excluding diaryl/α,β-unsaturated/α-hetero) is 1. The number of hydrogen-bond acceptors (Lipinski definition) is 2. The molecule has 0 aliphatic heterocycles. The fourth-order valence-corrected chi connectivity index (χ4v) is 2.84. The van der Waals surface area contributed by atoms with Crippen LogP contribution in [-0.2, 0) is 9.22 Å². The van der Waals surface area contributed by atoms with E-state index in [1.165, 1.54) is 0 Å². The lowest BCUT2D eigenvalue weighted by Crippen LogP contribution is -2.40. The fraction of sp³-hybridized carbons (Fsp3) is 0.727. The van der Waals surface area contributed by atoms with Crippen molar-refractivity contribution in [3.05, 3.63) is 11.6 Å². The molecule has 0 spiro atoms. The molecule has 1 aliphatic carbocycles. The second-order valence-corrected chi connectivity index (χ2v) is 10.0. The largest absolute Gasteiger partial charge is 0.410 e. The summed E-state index contributed by atoms with van der Waals surface area (Å²) in [4.78, 5) is 11.8. The Labute approximate surface area is 87.5 Å². The summed E-state index contributed by atoms with van der Waals surface area (Å²) >= 11 is 0. The lowest BCUT2D eigenvalue weighted by Gasteiger charge is -2.31. The number of hydrogen-bond donors (Lipinski definition) is 0. The Morgan fingerprint density at radius 2 is 1.86 bits per heavy atom. The van der Waals surface area contributed by atoms with E-state index in [0.29, 0.717) is 0 Å². The van der Waals surface area contributed by atoms with Gasteiger partial charge in [-0.05, 0) is 52.1 Å². The molecule has 80 valence electrons. The van der Waals surface area contributed by atoms with Crippen molar-refractivity contribution in [1.29, 1.82) is 0 Å². The van der Waals surface area contributed by atoms with Gasteiger partial charge in [0, 0.05) is 0 Å². The second kappa shape index (κ2) is 3.31. The van der Waals surface area contributed by atoms with Gasteiger partial charge in [0.05, 0.1) is 11.5 Å². The zero-order valence-electron chi connectivity index (χ0n) is 9.97. The van der Waals surface area contributed by atoms with Gasteiger partial charge in [-0.15, -0.1) is 0 Å². The summed E-state index contributed by atoms with van der Waals surface area (Å²) in [5, 5.41) is 0. The highest BCUT2D eigenvalue weighted by Crippen LogP contribution is 2.36. The Balaban J connectivity index is 2.87. The molecule has 0 bridgehead atoms. The molecular formula is C11H20O2Si. The van der Waals surface area contributed by atoms with E-state index in [4.69, 9.17) is 4.43 Å². The van der Waals surface area contributed by atoms with Gasteiger partial charge < -0.3 is 4.43 Å². The maximum absolute atomic E-state index is 11.8. The predicted octanol–water partition coefficient (Wildman–Crippen LogP) is 2.76. The minimum atomic E-state index is -1.57. The van der Waals surface area contributed by atoms with Crippen LogP contribution in [0.25, 0.3) is 0 Å². The highest BCUT2D eigenvalue weighted by atomic mass is 28.4. The number of allylic oxidation sites excluding steroid dienone is 1. The number of carbonyl (C=O) groups is 1. The number of rotatable bonds is 2. The van der Waals surface area contributed by atoms with Gasteiger partial charge in [-0.25, -0.2) is 0 Å². The summed E-state index contributed by atoms with van der Waals surface area (Å²) in [6.45, 7) is 12.2. The highest BCUT2D eigenvalue weighted by Gasteiger charge is 2.43. The van der Waals surface area contributed by atoms with E-state index in [-0.39, 0.29) is 17.3 Å². The summed E-state index contributed by atoms with van der Waals surface area (Å²) in [7, 11) is -1.57. The Morgan fingerprint density at radius 3 is 2.14 bits per heavy atom. The van der Waals surface area contributed by atoms with E-state index >= 15 is 0 Å². The third-order valence-electron chi connectivity index (χ3n) is 2.54. The molecule has 0 heterocycles. The average Bonchev–Trinajstić information content (AvgIpc) is 2.12. The first kappa shape index (κ1) is 11.7. The molecule has 1 atom stereocenters. The lowest BCUT2D eigenvalue weighted by molar-refractivity contribution is -0.124. The maximum Gasteiger partial charge on any atom is 0.184 e. The third-order valence-corrected chi connectivity index (χ3v) is 3.50. The van der Waals surface area contributed by atoms with Gasteiger partial charge in [0.25, 0.3) is 0 Å². The first-order valence-electron chi connectivity index (χ1n) is 5.05. The maximum atomic E-state index is 11.8. The van der Waals surface area contributed by atoms with Crippen molar-refractivity contribution in [2.45, 2.75) is 46.5 Å². The van der Waals surface area contributed by atoms with Gasteiger partial charge in [-0.3, -0.25) is 4.79 Å². The molecule has 0 aromatic rings. The first-order chi connectivity index (χ1) is 6.14. The molecule has 0 saturated heterocycles. The zero-order valence-corrected chi connectivity index (χ0v) is 11.0. The van der Waals surface area contributed by atoms with Crippen LogP contribution in [0.2, 0.25) is 19.6 Å². The van der Waals surface area contributed by atoms with Crippen molar-refractivity contribution in [3.8, 4) is 0 Å². The van der Waals surface area contributed by atoms with E-state index in [9.17, 15) is 4.79 Å². The smallest absolute Gasteiger partial charge is 0.184 e. The molecule has 0 amide bonds. The summed E-state index contributed by atoms with van der Waals surface area (Å²) in [6, 6.07) is 0. The monoisotopic (exact) mass is 212 g/mol. The van der Waals surface area contributed by atoms with Gasteiger partial charge in [0.2, 0.25) is 0 Å². The minimum absolute atomic E-state index is 0.0262. The van der Waals surface area contributed by atoms with Crippen molar-refractivity contribution in [2.75, 3.05) is 0 Å². The van der Waals surface area contributed by atoms with Crippen molar-refractivity contribution >= 4 is 14.1 Å². The van der Waals surface area contributed by atoms with Crippen molar-refractivity contribution in [3.63, 3.8) is 0 Å². The molecule has 14 heavy (non-hydrogen) atoms. The summed E-state index contributed by atoms with van der Waals surface area (Å²) in [6.07, 6.45) is 1.95. The molecule has 3 heteroatoms. The molecule has 1 rings (SSSR count). The van der Waals surface area contributed by atoms with Crippen molar-refractivity contribution in [1.82, 2.24) is 0 Å². The minimum Gasteiger partial charge on any atom is -0.410 e. The highest BCUT2D eigenvalue weighted by molar-refractivity contribution is 6.69. The molecule has 0 aromatic heterocycles. The van der Waals surface area contributed by atoms with E-state index in [2.05, 4.69) is 19.6 Å². The summed E-state index contributed by atoms with van der Waals surface area (Å²) in [5.74, 6) is 0.223. The molecule has 0 radical (unpaired) electrons. The SMILES string of the molecule is CC1=CC(O[Si](C)(C)C)C(C)(C)C1=O. The Bertz CT molecular complexity index is 284. The van der Waals surface area contributed by atoms with Crippen LogP contribution in [0.15, 0.2) is 11.6 Å². The second-order valence-electron chi connectivity index (χ2n) is 5.55. The van der Waals surface area contributed by atoms with E-state index < -0.39 is 8.32 Å². The Kier molecular flexibility index (Phi) is 2.76. The predicted molar refractivity (Wildman–Crippen MR) is 60.8 cm³/mol. The summed E-state index contributed by atoms with van der Waals surface area (Å²) < 4.78 is 6.00. The molecule has 1 aliphatic rings. The zero-order chi connectivity index (χ0) is 11.1. The van der Waals surface area contributed by atoms with Crippen LogP contribution < -0.4 is 0 Å². The van der Waals surface area contributed by atoms with Crippen LogP contribution in [-0.4, -0.2) is 20.2 Å². The molecule has 1 unspecified atom stereocenters. The molecule has 0 N–H and O–H groups in total. The van der Waals surface area contributed by atoms with Crippen LogP contribution in [0.4, 0.5) is 0 Å². The molecule has 0 fully saturated rings. The first-order valence-corrected chi connectivity index (χ1v) is 8.46.